The first kappa shape index (κ1) is 51.6. The van der Waals surface area contributed by atoms with E-state index in [9.17, 15) is 0 Å². The van der Waals surface area contributed by atoms with Crippen molar-refractivity contribution >= 4 is 74.3 Å². The Bertz CT molecular complexity index is 3720. The molecule has 8 aromatic carbocycles. The van der Waals surface area contributed by atoms with Gasteiger partial charge in [-0.15, -0.1) is 0 Å². The van der Waals surface area contributed by atoms with E-state index < -0.39 is 0 Å². The topological polar surface area (TPSA) is 9.72 Å². The molecule has 0 spiro atoms. The van der Waals surface area contributed by atoms with Crippen molar-refractivity contribution in [1.82, 2.24) is 0 Å². The first-order valence-corrected chi connectivity index (χ1v) is 29.7. The molecule has 0 aromatic heterocycles. The largest absolute Gasteiger partial charge is 0.311 e. The van der Waals surface area contributed by atoms with Crippen molar-refractivity contribution in [3.05, 3.63) is 214 Å². The lowest BCUT2D eigenvalue weighted by atomic mass is 9.33. The summed E-state index contributed by atoms with van der Waals surface area (Å²) < 4.78 is 0. The van der Waals surface area contributed by atoms with Crippen molar-refractivity contribution in [2.24, 2.45) is 0 Å². The van der Waals surface area contributed by atoms with Crippen LogP contribution in [0.15, 0.2) is 164 Å². The van der Waals surface area contributed by atoms with Gasteiger partial charge in [0.15, 0.2) is 0 Å². The van der Waals surface area contributed by atoms with E-state index >= 15 is 0 Å². The quantitative estimate of drug-likeness (QED) is 0.147. The number of hydrogen-bond acceptors (Lipinski definition) is 3. The molecule has 0 atom stereocenters. The monoisotopic (exact) mass is 1040 g/mol. The maximum atomic E-state index is 2.74. The van der Waals surface area contributed by atoms with Crippen molar-refractivity contribution in [3.8, 4) is 0 Å². The molecule has 0 fully saturated rings. The Morgan fingerprint density at radius 3 is 1.43 bits per heavy atom. The predicted molar refractivity (Wildman–Crippen MR) is 340 cm³/mol. The molecule has 2 aliphatic heterocycles. The summed E-state index contributed by atoms with van der Waals surface area (Å²) in [4.78, 5) is 7.95. The molecule has 0 saturated carbocycles. The molecule has 4 heteroatoms. The highest BCUT2D eigenvalue weighted by Gasteiger charge is 2.49. The Morgan fingerprint density at radius 2 is 0.848 bits per heavy atom. The number of nitrogens with zero attached hydrogens (tertiary/aromatic N) is 3. The zero-order chi connectivity index (χ0) is 55.6. The van der Waals surface area contributed by atoms with Crippen LogP contribution in [0.25, 0.3) is 0 Å². The second kappa shape index (κ2) is 17.4. The lowest BCUT2D eigenvalue weighted by Crippen LogP contribution is -2.62. The molecule has 0 unspecified atom stereocenters. The summed E-state index contributed by atoms with van der Waals surface area (Å²) >= 11 is 0. The number of aryl methyl sites for hydroxylation is 1. The van der Waals surface area contributed by atoms with Gasteiger partial charge in [-0.05, 0) is 205 Å². The van der Waals surface area contributed by atoms with Gasteiger partial charge in [-0.2, -0.15) is 0 Å². The number of benzene rings is 8. The molecule has 5 aliphatic rings. The number of fused-ring (bicyclic) bond motifs is 7. The number of anilines is 9. The summed E-state index contributed by atoms with van der Waals surface area (Å²) in [5.74, 6) is 0. The first-order chi connectivity index (χ1) is 37.3. The van der Waals surface area contributed by atoms with Crippen molar-refractivity contribution in [2.45, 2.75) is 174 Å². The van der Waals surface area contributed by atoms with Gasteiger partial charge < -0.3 is 14.7 Å². The number of hydrogen-bond donors (Lipinski definition) is 0. The van der Waals surface area contributed by atoms with Gasteiger partial charge in [0.05, 0.1) is 5.69 Å². The van der Waals surface area contributed by atoms with Crippen LogP contribution in [0.3, 0.4) is 0 Å². The van der Waals surface area contributed by atoms with E-state index in [-0.39, 0.29) is 44.6 Å². The van der Waals surface area contributed by atoms with Crippen LogP contribution in [0.5, 0.6) is 0 Å². The van der Waals surface area contributed by atoms with Crippen molar-refractivity contribution in [3.63, 3.8) is 0 Å². The smallest absolute Gasteiger partial charge is 0.252 e. The Morgan fingerprint density at radius 1 is 0.380 bits per heavy atom. The standard InChI is InChI=1S/C75H82BN3/c1-48-39-56-60(74(12,13)47-73(56,10)11)45-64(48)79-63-34-31-50(75(14,15)49-25-19-16-20-26-49)40-61(63)76-62-44-58-59(72(8,9)38-37-71(58,6)7)46-65(62)78(53-32-33-55-57(41-53)70(4,5)36-35-69(55,2)3)66-42-54(43-67(79)68(66)76)77(51-27-21-17-22-28-51)52-29-23-18-24-30-52/h16-34,39-46H,35-38,47H2,1-15H3. The average Bonchev–Trinajstić information content (AvgIpc) is 3.73. The van der Waals surface area contributed by atoms with Crippen LogP contribution < -0.4 is 31.1 Å². The second-order valence-electron chi connectivity index (χ2n) is 29.1. The van der Waals surface area contributed by atoms with Crippen LogP contribution in [-0.2, 0) is 37.9 Å². The van der Waals surface area contributed by atoms with E-state index in [0.29, 0.717) is 0 Å². The summed E-state index contributed by atoms with van der Waals surface area (Å²) in [5, 5.41) is 0. The van der Waals surface area contributed by atoms with Crippen LogP contribution in [0.1, 0.15) is 179 Å². The number of para-hydroxylation sites is 2. The SMILES string of the molecule is Cc1cc2c(cc1N1c3ccc(C(C)(C)c4ccccc4)cc3B3c4cc5c(cc4N(c4ccc6c(c4)C(C)(C)CCC6(C)C)c4cc(N(c6ccccc6)c6ccccc6)cc1c43)C(C)(C)CCC5(C)C)C(C)(C)CC2(C)C. The van der Waals surface area contributed by atoms with Gasteiger partial charge in [0.2, 0.25) is 0 Å². The van der Waals surface area contributed by atoms with E-state index in [1.165, 1.54) is 107 Å². The summed E-state index contributed by atoms with van der Waals surface area (Å²) in [5.41, 5.74) is 27.8. The molecular formula is C75H82BN3. The molecule has 0 N–H and O–H groups in total. The average molecular weight is 1040 g/mol. The normalized spacial score (nSPS) is 19.1. The highest BCUT2D eigenvalue weighted by molar-refractivity contribution is 7.00. The van der Waals surface area contributed by atoms with Crippen molar-refractivity contribution in [2.75, 3.05) is 14.7 Å². The van der Waals surface area contributed by atoms with Gasteiger partial charge in [0, 0.05) is 50.9 Å². The van der Waals surface area contributed by atoms with Crippen molar-refractivity contribution in [1.29, 1.82) is 0 Å². The molecule has 13 rings (SSSR count). The minimum absolute atomic E-state index is 0.000287. The highest BCUT2D eigenvalue weighted by atomic mass is 15.2. The molecule has 0 radical (unpaired) electrons. The van der Waals surface area contributed by atoms with Gasteiger partial charge >= 0.3 is 0 Å². The molecule has 0 bridgehead atoms. The van der Waals surface area contributed by atoms with Gasteiger partial charge in [0.25, 0.3) is 6.71 Å². The van der Waals surface area contributed by atoms with E-state index in [0.717, 1.165) is 42.7 Å². The number of rotatable bonds is 7. The van der Waals surface area contributed by atoms with Crippen LogP contribution in [0.4, 0.5) is 51.2 Å². The van der Waals surface area contributed by atoms with Crippen LogP contribution in [0.2, 0.25) is 0 Å². The molecule has 2 heterocycles. The fourth-order valence-electron chi connectivity index (χ4n) is 15.8. The predicted octanol–water partition coefficient (Wildman–Crippen LogP) is 18.5. The molecule has 0 amide bonds. The Balaban J connectivity index is 1.20. The Hall–Kier alpha value is -6.78. The maximum Gasteiger partial charge on any atom is 0.252 e. The van der Waals surface area contributed by atoms with E-state index in [1.54, 1.807) is 0 Å². The van der Waals surface area contributed by atoms with Crippen molar-refractivity contribution < 1.29 is 0 Å². The molecule has 8 aromatic rings. The summed E-state index contributed by atoms with van der Waals surface area (Å²) in [6.45, 7) is 36.9. The van der Waals surface area contributed by atoms with E-state index in [2.05, 4.69) is 282 Å². The van der Waals surface area contributed by atoms with Gasteiger partial charge in [-0.25, -0.2) is 0 Å². The molecule has 400 valence electrons. The molecule has 3 nitrogen and oxygen atoms in total. The fraction of sp³-hybridized carbons (Fsp3) is 0.360. The molecule has 79 heavy (non-hydrogen) atoms. The van der Waals surface area contributed by atoms with Gasteiger partial charge in [-0.1, -0.05) is 194 Å². The van der Waals surface area contributed by atoms with Crippen LogP contribution in [-0.4, -0.2) is 6.71 Å². The lowest BCUT2D eigenvalue weighted by Gasteiger charge is -2.48. The Kier molecular flexibility index (Phi) is 11.4. The van der Waals surface area contributed by atoms with Crippen LogP contribution in [0, 0.1) is 6.92 Å². The van der Waals surface area contributed by atoms with Crippen LogP contribution >= 0.6 is 0 Å². The first-order valence-electron chi connectivity index (χ1n) is 29.7. The molecule has 3 aliphatic carbocycles. The molecule has 0 saturated heterocycles. The highest BCUT2D eigenvalue weighted by Crippen LogP contribution is 2.56. The minimum Gasteiger partial charge on any atom is -0.311 e. The third-order valence-electron chi connectivity index (χ3n) is 20.5. The molecular weight excluding hydrogens is 954 g/mol. The summed E-state index contributed by atoms with van der Waals surface area (Å²) in [6, 6.07) is 64.2. The minimum atomic E-state index is -0.256. The summed E-state index contributed by atoms with van der Waals surface area (Å²) in [6.07, 6.45) is 5.74. The third kappa shape index (κ3) is 7.95. The summed E-state index contributed by atoms with van der Waals surface area (Å²) in [7, 11) is 0. The Labute approximate surface area is 474 Å². The third-order valence-corrected chi connectivity index (χ3v) is 20.5. The van der Waals surface area contributed by atoms with Gasteiger partial charge in [-0.3, -0.25) is 0 Å². The van der Waals surface area contributed by atoms with E-state index in [4.69, 9.17) is 0 Å². The second-order valence-corrected chi connectivity index (χ2v) is 29.1. The van der Waals surface area contributed by atoms with E-state index in [1.807, 2.05) is 0 Å². The zero-order valence-corrected chi connectivity index (χ0v) is 50.0. The maximum absolute atomic E-state index is 2.74. The van der Waals surface area contributed by atoms with Gasteiger partial charge in [0.1, 0.15) is 0 Å². The fourth-order valence-corrected chi connectivity index (χ4v) is 15.8. The zero-order valence-electron chi connectivity index (χ0n) is 50.0. The lowest BCUT2D eigenvalue weighted by molar-refractivity contribution is 0.332.